The first-order chi connectivity index (χ1) is 10.2. The second-order valence-corrected chi connectivity index (χ2v) is 4.78. The predicted octanol–water partition coefficient (Wildman–Crippen LogP) is 1.53. The maximum Gasteiger partial charge on any atom is 0.161 e. The highest BCUT2D eigenvalue weighted by Crippen LogP contribution is 2.30. The Morgan fingerprint density at radius 3 is 2.95 bits per heavy atom. The van der Waals surface area contributed by atoms with E-state index in [1.54, 1.807) is 24.2 Å². The number of methoxy groups -OCH3 is 1. The summed E-state index contributed by atoms with van der Waals surface area (Å²) in [7, 11) is 3.49. The first-order valence-electron chi connectivity index (χ1n) is 6.61. The molecule has 3 aromatic rings. The normalized spacial score (nSPS) is 12.5. The molecule has 0 saturated carbocycles. The highest BCUT2D eigenvalue weighted by Gasteiger charge is 2.21. The third kappa shape index (κ3) is 2.35. The number of pyridine rings is 1. The number of aromatic nitrogens is 3. The minimum atomic E-state index is -0.211. The number of hydrazine groups is 1. The molecule has 2 heterocycles. The summed E-state index contributed by atoms with van der Waals surface area (Å²) < 4.78 is 7.13. The first kappa shape index (κ1) is 13.5. The molecule has 6 nitrogen and oxygen atoms in total. The summed E-state index contributed by atoms with van der Waals surface area (Å²) in [6.45, 7) is 0. The van der Waals surface area contributed by atoms with Crippen molar-refractivity contribution < 1.29 is 4.74 Å². The average molecular weight is 283 g/mol. The van der Waals surface area contributed by atoms with Crippen molar-refractivity contribution in [2.24, 2.45) is 12.9 Å². The molecule has 108 valence electrons. The molecule has 3 rings (SSSR count). The van der Waals surface area contributed by atoms with Gasteiger partial charge in [0.05, 0.1) is 24.9 Å². The molecule has 3 N–H and O–H groups in total. The SMILES string of the molecule is COc1cnn(C)c1C(NN)c1ccc2ncccc2c1. The number of hydrogen-bond acceptors (Lipinski definition) is 5. The Labute approximate surface area is 122 Å². The molecule has 21 heavy (non-hydrogen) atoms. The van der Waals surface area contributed by atoms with E-state index >= 15 is 0 Å². The van der Waals surface area contributed by atoms with Gasteiger partial charge in [0.1, 0.15) is 5.69 Å². The van der Waals surface area contributed by atoms with E-state index in [-0.39, 0.29) is 6.04 Å². The van der Waals surface area contributed by atoms with Gasteiger partial charge in [-0.3, -0.25) is 15.5 Å². The number of rotatable bonds is 4. The summed E-state index contributed by atoms with van der Waals surface area (Å²) in [6, 6.07) is 9.79. The quantitative estimate of drug-likeness (QED) is 0.561. The number of aryl methyl sites for hydroxylation is 1. The van der Waals surface area contributed by atoms with Crippen molar-refractivity contribution >= 4 is 10.9 Å². The number of hydrogen-bond donors (Lipinski definition) is 2. The Morgan fingerprint density at radius 1 is 1.33 bits per heavy atom. The van der Waals surface area contributed by atoms with Crippen LogP contribution in [-0.2, 0) is 7.05 Å². The van der Waals surface area contributed by atoms with E-state index in [0.29, 0.717) is 5.75 Å². The molecule has 0 bridgehead atoms. The van der Waals surface area contributed by atoms with Gasteiger partial charge in [-0.15, -0.1) is 0 Å². The monoisotopic (exact) mass is 283 g/mol. The molecule has 6 heteroatoms. The summed E-state index contributed by atoms with van der Waals surface area (Å²) in [6.07, 6.45) is 3.47. The van der Waals surface area contributed by atoms with Gasteiger partial charge < -0.3 is 4.74 Å². The van der Waals surface area contributed by atoms with Crippen molar-refractivity contribution in [3.8, 4) is 5.75 Å². The molecular weight excluding hydrogens is 266 g/mol. The number of benzene rings is 1. The maximum atomic E-state index is 5.77. The van der Waals surface area contributed by atoms with Crippen LogP contribution in [0.25, 0.3) is 10.9 Å². The van der Waals surface area contributed by atoms with Crippen molar-refractivity contribution in [1.29, 1.82) is 0 Å². The molecule has 0 aliphatic carbocycles. The Balaban J connectivity index is 2.11. The molecule has 0 aliphatic rings. The summed E-state index contributed by atoms with van der Waals surface area (Å²) in [5, 5.41) is 5.29. The highest BCUT2D eigenvalue weighted by molar-refractivity contribution is 5.79. The molecule has 0 aliphatic heterocycles. The largest absolute Gasteiger partial charge is 0.493 e. The molecule has 0 spiro atoms. The molecule has 0 radical (unpaired) electrons. The minimum absolute atomic E-state index is 0.211. The number of fused-ring (bicyclic) bond motifs is 1. The van der Waals surface area contributed by atoms with Gasteiger partial charge in [0, 0.05) is 18.6 Å². The topological polar surface area (TPSA) is 78.0 Å². The van der Waals surface area contributed by atoms with Gasteiger partial charge in [-0.2, -0.15) is 5.10 Å². The van der Waals surface area contributed by atoms with Crippen LogP contribution in [0.15, 0.2) is 42.7 Å². The van der Waals surface area contributed by atoms with Gasteiger partial charge >= 0.3 is 0 Å². The van der Waals surface area contributed by atoms with Crippen LogP contribution in [0.2, 0.25) is 0 Å². The van der Waals surface area contributed by atoms with Gasteiger partial charge in [0.15, 0.2) is 5.75 Å². The standard InChI is InChI=1S/C15H17N5O/c1-20-15(13(21-2)9-18-20)14(19-16)11-5-6-12-10(8-11)4-3-7-17-12/h3-9,14,19H,16H2,1-2H3. The molecule has 0 fully saturated rings. The van der Waals surface area contributed by atoms with Crippen molar-refractivity contribution in [3.05, 3.63) is 54.0 Å². The van der Waals surface area contributed by atoms with Crippen molar-refractivity contribution in [2.75, 3.05) is 7.11 Å². The Morgan fingerprint density at radius 2 is 2.19 bits per heavy atom. The molecule has 1 atom stereocenters. The Bertz CT molecular complexity index is 768. The van der Waals surface area contributed by atoms with Gasteiger partial charge in [-0.1, -0.05) is 12.1 Å². The van der Waals surface area contributed by atoms with E-state index < -0.39 is 0 Å². The maximum absolute atomic E-state index is 5.77. The van der Waals surface area contributed by atoms with Crippen molar-refractivity contribution in [2.45, 2.75) is 6.04 Å². The van der Waals surface area contributed by atoms with Crippen LogP contribution in [0, 0.1) is 0 Å². The molecule has 1 aromatic carbocycles. The second kappa shape index (κ2) is 5.51. The van der Waals surface area contributed by atoms with Gasteiger partial charge in [-0.05, 0) is 23.8 Å². The van der Waals surface area contributed by atoms with E-state index in [4.69, 9.17) is 10.6 Å². The van der Waals surface area contributed by atoms with E-state index in [1.165, 1.54) is 0 Å². The van der Waals surface area contributed by atoms with Crippen LogP contribution in [0.4, 0.5) is 0 Å². The van der Waals surface area contributed by atoms with E-state index in [0.717, 1.165) is 22.2 Å². The molecule has 2 aromatic heterocycles. The Hall–Kier alpha value is -2.44. The average Bonchev–Trinajstić information content (AvgIpc) is 2.89. The van der Waals surface area contributed by atoms with Gasteiger partial charge in [0.25, 0.3) is 0 Å². The zero-order valence-electron chi connectivity index (χ0n) is 11.9. The van der Waals surface area contributed by atoms with E-state index in [1.807, 2.05) is 31.3 Å². The van der Waals surface area contributed by atoms with Crippen LogP contribution in [0.5, 0.6) is 5.75 Å². The number of nitrogens with zero attached hydrogens (tertiary/aromatic N) is 3. The van der Waals surface area contributed by atoms with Crippen LogP contribution >= 0.6 is 0 Å². The second-order valence-electron chi connectivity index (χ2n) is 4.78. The number of ether oxygens (including phenoxy) is 1. The lowest BCUT2D eigenvalue weighted by Crippen LogP contribution is -2.30. The zero-order chi connectivity index (χ0) is 14.8. The number of nitrogens with one attached hydrogen (secondary N) is 1. The van der Waals surface area contributed by atoms with Gasteiger partial charge in [-0.25, -0.2) is 5.43 Å². The predicted molar refractivity (Wildman–Crippen MR) is 80.7 cm³/mol. The van der Waals surface area contributed by atoms with E-state index in [9.17, 15) is 0 Å². The van der Waals surface area contributed by atoms with E-state index in [2.05, 4.69) is 21.6 Å². The molecule has 0 saturated heterocycles. The fraction of sp³-hybridized carbons (Fsp3) is 0.200. The van der Waals surface area contributed by atoms with Crippen LogP contribution < -0.4 is 16.0 Å². The lowest BCUT2D eigenvalue weighted by Gasteiger charge is -2.18. The van der Waals surface area contributed by atoms with Crippen LogP contribution in [-0.4, -0.2) is 21.9 Å². The molecular formula is C15H17N5O. The first-order valence-corrected chi connectivity index (χ1v) is 6.61. The lowest BCUT2D eigenvalue weighted by atomic mass is 10.0. The fourth-order valence-corrected chi connectivity index (χ4v) is 2.52. The third-order valence-electron chi connectivity index (χ3n) is 3.57. The summed E-state index contributed by atoms with van der Waals surface area (Å²) >= 11 is 0. The lowest BCUT2D eigenvalue weighted by molar-refractivity contribution is 0.401. The van der Waals surface area contributed by atoms with Crippen molar-refractivity contribution in [3.63, 3.8) is 0 Å². The van der Waals surface area contributed by atoms with Crippen LogP contribution in [0.3, 0.4) is 0 Å². The smallest absolute Gasteiger partial charge is 0.161 e. The van der Waals surface area contributed by atoms with Crippen LogP contribution in [0.1, 0.15) is 17.3 Å². The Kier molecular flexibility index (Phi) is 3.55. The molecule has 1 unspecified atom stereocenters. The fourth-order valence-electron chi connectivity index (χ4n) is 2.52. The van der Waals surface area contributed by atoms with Crippen molar-refractivity contribution in [1.82, 2.24) is 20.2 Å². The summed E-state index contributed by atoms with van der Waals surface area (Å²) in [5.74, 6) is 6.47. The number of nitrogens with two attached hydrogens (primary N) is 1. The minimum Gasteiger partial charge on any atom is -0.493 e. The highest BCUT2D eigenvalue weighted by atomic mass is 16.5. The van der Waals surface area contributed by atoms with Gasteiger partial charge in [0.2, 0.25) is 0 Å². The third-order valence-corrected chi connectivity index (χ3v) is 3.57. The summed E-state index contributed by atoms with van der Waals surface area (Å²) in [5.41, 5.74) is 5.70. The summed E-state index contributed by atoms with van der Waals surface area (Å²) in [4.78, 5) is 4.33. The molecule has 0 amide bonds. The zero-order valence-corrected chi connectivity index (χ0v) is 11.9.